The Hall–Kier alpha value is -1.26. The fourth-order valence-corrected chi connectivity index (χ4v) is 1.59. The normalized spacial score (nSPS) is 11.9. The Morgan fingerprint density at radius 2 is 2.00 bits per heavy atom. The second-order valence-electron chi connectivity index (χ2n) is 3.58. The molecule has 6 heteroatoms. The summed E-state index contributed by atoms with van der Waals surface area (Å²) in [6.07, 6.45) is 3.74. The third kappa shape index (κ3) is 6.47. The van der Waals surface area contributed by atoms with E-state index in [9.17, 15) is 4.57 Å². The van der Waals surface area contributed by atoms with Gasteiger partial charge in [-0.2, -0.15) is 0 Å². The Morgan fingerprint density at radius 3 is 2.56 bits per heavy atom. The molecule has 0 saturated heterocycles. The summed E-state index contributed by atoms with van der Waals surface area (Å²) < 4.78 is 14.6. The van der Waals surface area contributed by atoms with E-state index < -0.39 is 7.82 Å². The van der Waals surface area contributed by atoms with Crippen LogP contribution in [0, 0.1) is 0 Å². The molecular weight excluding hydrogens is 253 g/mol. The fraction of sp³-hybridized carbons (Fsp3) is 0.250. The summed E-state index contributed by atoms with van der Waals surface area (Å²) in [5.41, 5.74) is 2.12. The summed E-state index contributed by atoms with van der Waals surface area (Å²) in [5.74, 6) is 0. The highest BCUT2D eigenvalue weighted by atomic mass is 31.2. The van der Waals surface area contributed by atoms with Crippen LogP contribution in [0.1, 0.15) is 17.5 Å². The third-order valence-corrected chi connectivity index (χ3v) is 2.64. The highest BCUT2D eigenvalue weighted by molar-refractivity contribution is 7.46. The Bertz CT molecular complexity index is 450. The molecule has 0 unspecified atom stereocenters. The number of hydrogen-bond donors (Lipinski definition) is 2. The summed E-state index contributed by atoms with van der Waals surface area (Å²) >= 11 is 0. The zero-order valence-electron chi connectivity index (χ0n) is 9.90. The lowest BCUT2D eigenvalue weighted by atomic mass is 10.1. The van der Waals surface area contributed by atoms with Gasteiger partial charge in [-0.05, 0) is 11.1 Å². The molecule has 18 heavy (non-hydrogen) atoms. The van der Waals surface area contributed by atoms with E-state index in [1.807, 2.05) is 24.3 Å². The van der Waals surface area contributed by atoms with E-state index in [4.69, 9.17) is 9.79 Å². The zero-order valence-corrected chi connectivity index (χ0v) is 10.8. The molecule has 2 N–H and O–H groups in total. The van der Waals surface area contributed by atoms with E-state index >= 15 is 0 Å². The van der Waals surface area contributed by atoms with Crippen LogP contribution in [0.4, 0.5) is 0 Å². The van der Waals surface area contributed by atoms with Gasteiger partial charge in [0, 0.05) is 12.6 Å². The van der Waals surface area contributed by atoms with Gasteiger partial charge in [-0.25, -0.2) is 4.57 Å². The van der Waals surface area contributed by atoms with E-state index in [0.29, 0.717) is 13.0 Å². The fourth-order valence-electron chi connectivity index (χ4n) is 1.24. The van der Waals surface area contributed by atoms with Gasteiger partial charge in [-0.15, -0.1) is 0 Å². The number of rotatable bonds is 7. The van der Waals surface area contributed by atoms with Crippen molar-refractivity contribution < 1.29 is 18.9 Å². The first-order valence-corrected chi connectivity index (χ1v) is 6.94. The minimum Gasteiger partial charge on any atom is -0.303 e. The smallest absolute Gasteiger partial charge is 0.303 e. The molecule has 0 heterocycles. The van der Waals surface area contributed by atoms with Crippen molar-refractivity contribution in [3.63, 3.8) is 0 Å². The van der Waals surface area contributed by atoms with Crippen molar-refractivity contribution in [1.29, 1.82) is 0 Å². The van der Waals surface area contributed by atoms with Crippen LogP contribution in [-0.4, -0.2) is 22.6 Å². The molecule has 0 aliphatic heterocycles. The third-order valence-electron chi connectivity index (χ3n) is 2.12. The molecule has 0 spiro atoms. The van der Waals surface area contributed by atoms with Crippen molar-refractivity contribution in [1.82, 2.24) is 0 Å². The van der Waals surface area contributed by atoms with E-state index in [1.165, 1.54) is 0 Å². The molecule has 0 aromatic heterocycles. The number of benzene rings is 1. The van der Waals surface area contributed by atoms with Gasteiger partial charge >= 0.3 is 7.82 Å². The molecule has 1 aromatic rings. The van der Waals surface area contributed by atoms with E-state index in [2.05, 4.69) is 16.1 Å². The molecule has 0 amide bonds. The number of hydrogen-bond acceptors (Lipinski definition) is 3. The van der Waals surface area contributed by atoms with E-state index in [1.54, 1.807) is 12.3 Å². The van der Waals surface area contributed by atoms with Crippen LogP contribution in [0.15, 0.2) is 35.8 Å². The van der Waals surface area contributed by atoms with Gasteiger partial charge in [-0.1, -0.05) is 36.9 Å². The molecule has 0 radical (unpaired) electrons. The maximum atomic E-state index is 10.4. The molecule has 0 fully saturated rings. The highest BCUT2D eigenvalue weighted by Gasteiger charge is 2.11. The molecule has 1 rings (SSSR count). The Balaban J connectivity index is 2.27. The molecule has 98 valence electrons. The second kappa shape index (κ2) is 7.24. The SMILES string of the molecule is C=Cc1ccc(CN=CCCOP(=O)(O)O)cc1. The van der Waals surface area contributed by atoms with Gasteiger partial charge in [0.05, 0.1) is 13.2 Å². The van der Waals surface area contributed by atoms with Gasteiger partial charge in [-0.3, -0.25) is 9.52 Å². The lowest BCUT2D eigenvalue weighted by molar-refractivity contribution is 0.202. The number of aliphatic imine (C=N–C) groups is 1. The van der Waals surface area contributed by atoms with Gasteiger partial charge < -0.3 is 9.79 Å². The van der Waals surface area contributed by atoms with Crippen molar-refractivity contribution in [2.75, 3.05) is 6.61 Å². The zero-order chi connectivity index (χ0) is 13.4. The predicted molar refractivity (Wildman–Crippen MR) is 71.3 cm³/mol. The van der Waals surface area contributed by atoms with Crippen LogP contribution in [0.25, 0.3) is 6.08 Å². The van der Waals surface area contributed by atoms with Gasteiger partial charge in [0.2, 0.25) is 0 Å². The first-order valence-electron chi connectivity index (χ1n) is 5.41. The molecule has 0 saturated carbocycles. The van der Waals surface area contributed by atoms with Crippen molar-refractivity contribution in [2.24, 2.45) is 4.99 Å². The Kier molecular flexibility index (Phi) is 5.95. The lowest BCUT2D eigenvalue weighted by Gasteiger charge is -2.01. The number of phosphoric acid groups is 1. The average molecular weight is 269 g/mol. The Labute approximate surface area is 106 Å². The summed E-state index contributed by atoms with van der Waals surface area (Å²) in [7, 11) is -4.35. The lowest BCUT2D eigenvalue weighted by Crippen LogP contribution is -1.93. The summed E-state index contributed by atoms with van der Waals surface area (Å²) in [6.45, 7) is 4.17. The summed E-state index contributed by atoms with van der Waals surface area (Å²) in [5, 5.41) is 0. The largest absolute Gasteiger partial charge is 0.469 e. The topological polar surface area (TPSA) is 79.1 Å². The van der Waals surface area contributed by atoms with Crippen LogP contribution in [0.2, 0.25) is 0 Å². The minimum atomic E-state index is -4.35. The van der Waals surface area contributed by atoms with E-state index in [-0.39, 0.29) is 6.61 Å². The van der Waals surface area contributed by atoms with Crippen molar-refractivity contribution in [2.45, 2.75) is 13.0 Å². The average Bonchev–Trinajstić information content (AvgIpc) is 2.33. The molecule has 1 aromatic carbocycles. The highest BCUT2D eigenvalue weighted by Crippen LogP contribution is 2.35. The monoisotopic (exact) mass is 269 g/mol. The van der Waals surface area contributed by atoms with Gasteiger partial charge in [0.25, 0.3) is 0 Å². The minimum absolute atomic E-state index is 0.0385. The standard InChI is InChI=1S/C12H16NO4P/c1-2-11-4-6-12(7-5-11)10-13-8-3-9-17-18(14,15)16/h2,4-8H,1,3,9-10H2,(H2,14,15,16). The van der Waals surface area contributed by atoms with Crippen molar-refractivity contribution in [3.05, 3.63) is 42.0 Å². The molecule has 0 atom stereocenters. The number of nitrogens with zero attached hydrogens (tertiary/aromatic N) is 1. The maximum Gasteiger partial charge on any atom is 0.469 e. The first kappa shape index (κ1) is 14.8. The molecule has 5 nitrogen and oxygen atoms in total. The Morgan fingerprint density at radius 1 is 1.33 bits per heavy atom. The summed E-state index contributed by atoms with van der Waals surface area (Å²) in [4.78, 5) is 21.0. The van der Waals surface area contributed by atoms with E-state index in [0.717, 1.165) is 11.1 Å². The first-order chi connectivity index (χ1) is 8.51. The summed E-state index contributed by atoms with van der Waals surface area (Å²) in [6, 6.07) is 7.82. The van der Waals surface area contributed by atoms with Gasteiger partial charge in [0.1, 0.15) is 0 Å². The van der Waals surface area contributed by atoms with Crippen molar-refractivity contribution >= 4 is 20.1 Å². The van der Waals surface area contributed by atoms with Crippen LogP contribution in [0.5, 0.6) is 0 Å². The number of phosphoric ester groups is 1. The van der Waals surface area contributed by atoms with Crippen LogP contribution < -0.4 is 0 Å². The molecule has 0 bridgehead atoms. The van der Waals surface area contributed by atoms with Crippen LogP contribution in [-0.2, 0) is 15.6 Å². The molecular formula is C12H16NO4P. The van der Waals surface area contributed by atoms with Crippen LogP contribution in [0.3, 0.4) is 0 Å². The quantitative estimate of drug-likeness (QED) is 0.452. The van der Waals surface area contributed by atoms with Crippen LogP contribution >= 0.6 is 7.82 Å². The van der Waals surface area contributed by atoms with Crippen molar-refractivity contribution in [3.8, 4) is 0 Å². The molecule has 0 aliphatic carbocycles. The predicted octanol–water partition coefficient (Wildman–Crippen LogP) is 2.40. The van der Waals surface area contributed by atoms with Gasteiger partial charge in [0.15, 0.2) is 0 Å². The second-order valence-corrected chi connectivity index (χ2v) is 4.82. The maximum absolute atomic E-state index is 10.4. The molecule has 0 aliphatic rings.